The Hall–Kier alpha value is -0.780. The Balaban J connectivity index is 2.71. The summed E-state index contributed by atoms with van der Waals surface area (Å²) in [6.45, 7) is 0. The molecule has 1 aromatic rings. The van der Waals surface area contributed by atoms with Crippen molar-refractivity contribution in [2.45, 2.75) is 24.2 Å². The van der Waals surface area contributed by atoms with Crippen molar-refractivity contribution in [3.8, 4) is 0 Å². The van der Waals surface area contributed by atoms with E-state index in [4.69, 9.17) is 28.3 Å². The second-order valence-corrected chi connectivity index (χ2v) is 6.67. The third kappa shape index (κ3) is 4.48. The highest BCUT2D eigenvalue weighted by molar-refractivity contribution is 7.91. The predicted octanol–water partition coefficient (Wildman–Crippen LogP) is 3.02. The maximum atomic E-state index is 11.9. The fourth-order valence-corrected chi connectivity index (χ4v) is 3.60. The molecule has 4 nitrogen and oxygen atoms in total. The zero-order valence-corrected chi connectivity index (χ0v) is 11.7. The average Bonchev–Trinajstić information content (AvgIpc) is 2.23. The van der Waals surface area contributed by atoms with Gasteiger partial charge in [-0.15, -0.1) is 0 Å². The highest BCUT2D eigenvalue weighted by Gasteiger charge is 2.18. The van der Waals surface area contributed by atoms with Crippen LogP contribution in [0.3, 0.4) is 0 Å². The molecule has 0 aromatic heterocycles. The highest BCUT2D eigenvalue weighted by atomic mass is 35.5. The zero-order valence-electron chi connectivity index (χ0n) is 9.40. The summed E-state index contributed by atoms with van der Waals surface area (Å²) >= 11 is 11.5. The van der Waals surface area contributed by atoms with E-state index in [-0.39, 0.29) is 28.5 Å². The van der Waals surface area contributed by atoms with Crippen molar-refractivity contribution in [3.05, 3.63) is 28.2 Å². The van der Waals surface area contributed by atoms with Crippen LogP contribution in [-0.2, 0) is 14.6 Å². The molecule has 18 heavy (non-hydrogen) atoms. The Morgan fingerprint density at radius 2 is 1.89 bits per heavy atom. The average molecular weight is 311 g/mol. The molecule has 100 valence electrons. The van der Waals surface area contributed by atoms with E-state index in [1.165, 1.54) is 18.2 Å². The lowest BCUT2D eigenvalue weighted by Gasteiger charge is -2.06. The first kappa shape index (κ1) is 15.3. The Kier molecular flexibility index (Phi) is 5.44. The number of rotatable bonds is 6. The first-order chi connectivity index (χ1) is 8.33. The molecule has 0 saturated heterocycles. The van der Waals surface area contributed by atoms with Gasteiger partial charge in [0.15, 0.2) is 9.84 Å². The van der Waals surface area contributed by atoms with Gasteiger partial charge in [-0.05, 0) is 31.0 Å². The minimum Gasteiger partial charge on any atom is -0.481 e. The molecule has 0 aliphatic carbocycles. The van der Waals surface area contributed by atoms with Gasteiger partial charge in [0.1, 0.15) is 0 Å². The van der Waals surface area contributed by atoms with Crippen molar-refractivity contribution in [3.63, 3.8) is 0 Å². The van der Waals surface area contributed by atoms with Crippen LogP contribution >= 0.6 is 23.2 Å². The molecule has 1 aromatic carbocycles. The van der Waals surface area contributed by atoms with E-state index in [1.807, 2.05) is 0 Å². The van der Waals surface area contributed by atoms with E-state index < -0.39 is 15.8 Å². The predicted molar refractivity (Wildman–Crippen MR) is 70.0 cm³/mol. The van der Waals surface area contributed by atoms with E-state index in [9.17, 15) is 13.2 Å². The topological polar surface area (TPSA) is 71.4 Å². The van der Waals surface area contributed by atoms with Crippen LogP contribution in [0.2, 0.25) is 10.0 Å². The van der Waals surface area contributed by atoms with Gasteiger partial charge in [0.05, 0.1) is 15.7 Å². The number of aliphatic carboxylic acids is 1. The molecule has 1 rings (SSSR count). The Morgan fingerprint density at radius 3 is 2.44 bits per heavy atom. The molecule has 0 saturated carbocycles. The van der Waals surface area contributed by atoms with Crippen LogP contribution < -0.4 is 0 Å². The Labute approximate surface area is 115 Å². The molecule has 0 radical (unpaired) electrons. The molecule has 0 aliphatic rings. The van der Waals surface area contributed by atoms with E-state index >= 15 is 0 Å². The summed E-state index contributed by atoms with van der Waals surface area (Å²) < 4.78 is 23.9. The van der Waals surface area contributed by atoms with Crippen LogP contribution in [0.5, 0.6) is 0 Å². The third-order valence-electron chi connectivity index (χ3n) is 2.28. The highest BCUT2D eigenvalue weighted by Crippen LogP contribution is 2.26. The lowest BCUT2D eigenvalue weighted by atomic mass is 10.2. The Bertz CT molecular complexity index is 540. The van der Waals surface area contributed by atoms with Gasteiger partial charge in [-0.2, -0.15) is 0 Å². The van der Waals surface area contributed by atoms with Crippen LogP contribution in [-0.4, -0.2) is 25.2 Å². The minimum atomic E-state index is -3.49. The van der Waals surface area contributed by atoms with E-state index in [0.29, 0.717) is 11.4 Å². The smallest absolute Gasteiger partial charge is 0.303 e. The van der Waals surface area contributed by atoms with Crippen molar-refractivity contribution in [2.75, 3.05) is 5.75 Å². The van der Waals surface area contributed by atoms with E-state index in [2.05, 4.69) is 0 Å². The molecule has 0 amide bonds. The first-order valence-corrected chi connectivity index (χ1v) is 7.63. The second-order valence-electron chi connectivity index (χ2n) is 3.74. The summed E-state index contributed by atoms with van der Waals surface area (Å²) in [5.41, 5.74) is 0. The number of hydrogen-bond donors (Lipinski definition) is 1. The van der Waals surface area contributed by atoms with Crippen molar-refractivity contribution in [1.29, 1.82) is 0 Å². The number of benzene rings is 1. The summed E-state index contributed by atoms with van der Waals surface area (Å²) in [4.78, 5) is 10.3. The summed E-state index contributed by atoms with van der Waals surface area (Å²) in [5, 5.41) is 8.90. The largest absolute Gasteiger partial charge is 0.481 e. The fraction of sp³-hybridized carbons (Fsp3) is 0.364. The second kappa shape index (κ2) is 6.41. The maximum absolute atomic E-state index is 11.9. The molecular formula is C11H12Cl2O4S. The van der Waals surface area contributed by atoms with Gasteiger partial charge in [0.25, 0.3) is 0 Å². The van der Waals surface area contributed by atoms with Gasteiger partial charge < -0.3 is 5.11 Å². The Morgan fingerprint density at radius 1 is 1.22 bits per heavy atom. The summed E-state index contributed by atoms with van der Waals surface area (Å²) in [7, 11) is -3.49. The van der Waals surface area contributed by atoms with Gasteiger partial charge in [0, 0.05) is 11.4 Å². The molecule has 0 fully saturated rings. The molecule has 0 bridgehead atoms. The van der Waals surface area contributed by atoms with Crippen LogP contribution in [0.1, 0.15) is 19.3 Å². The van der Waals surface area contributed by atoms with Crippen molar-refractivity contribution < 1.29 is 18.3 Å². The van der Waals surface area contributed by atoms with Gasteiger partial charge in [0.2, 0.25) is 0 Å². The first-order valence-electron chi connectivity index (χ1n) is 5.22. The molecule has 0 heterocycles. The minimum absolute atomic E-state index is 0.0314. The number of carbonyl (C=O) groups is 1. The lowest BCUT2D eigenvalue weighted by molar-refractivity contribution is -0.137. The number of sulfone groups is 1. The molecule has 0 spiro atoms. The van der Waals surface area contributed by atoms with Crippen LogP contribution in [0.4, 0.5) is 0 Å². The van der Waals surface area contributed by atoms with Crippen LogP contribution in [0.25, 0.3) is 0 Å². The number of carboxylic acids is 1. The van der Waals surface area contributed by atoms with Crippen molar-refractivity contribution in [1.82, 2.24) is 0 Å². The van der Waals surface area contributed by atoms with E-state index in [1.54, 1.807) is 0 Å². The normalized spacial score (nSPS) is 11.4. The van der Waals surface area contributed by atoms with Gasteiger partial charge in [-0.1, -0.05) is 23.2 Å². The third-order valence-corrected chi connectivity index (χ3v) is 4.79. The lowest BCUT2D eigenvalue weighted by Crippen LogP contribution is -2.08. The SMILES string of the molecule is O=C(O)CCCCS(=O)(=O)c1ccc(Cl)cc1Cl. The van der Waals surface area contributed by atoms with Crippen LogP contribution in [0, 0.1) is 0 Å². The van der Waals surface area contributed by atoms with Gasteiger partial charge in [-0.3, -0.25) is 4.79 Å². The van der Waals surface area contributed by atoms with Gasteiger partial charge >= 0.3 is 5.97 Å². The number of unbranched alkanes of at least 4 members (excludes halogenated alkanes) is 1. The van der Waals surface area contributed by atoms with Crippen molar-refractivity contribution in [2.24, 2.45) is 0 Å². The quantitative estimate of drug-likeness (QED) is 0.820. The molecule has 0 aliphatic heterocycles. The number of carboxylic acid groups (broad SMARTS) is 1. The molecular weight excluding hydrogens is 299 g/mol. The monoisotopic (exact) mass is 310 g/mol. The molecule has 0 atom stereocenters. The molecule has 7 heteroatoms. The summed E-state index contributed by atoms with van der Waals surface area (Å²) in [6, 6.07) is 4.18. The van der Waals surface area contributed by atoms with Crippen LogP contribution in [0.15, 0.2) is 23.1 Å². The molecule has 0 unspecified atom stereocenters. The molecule has 1 N–H and O–H groups in total. The number of hydrogen-bond acceptors (Lipinski definition) is 3. The zero-order chi connectivity index (χ0) is 13.8. The fourth-order valence-electron chi connectivity index (χ4n) is 1.41. The van der Waals surface area contributed by atoms with Gasteiger partial charge in [-0.25, -0.2) is 8.42 Å². The maximum Gasteiger partial charge on any atom is 0.303 e. The number of halogens is 2. The summed E-state index contributed by atoms with van der Waals surface area (Å²) in [6.07, 6.45) is 0.567. The van der Waals surface area contributed by atoms with E-state index in [0.717, 1.165) is 0 Å². The summed E-state index contributed by atoms with van der Waals surface area (Å²) in [5.74, 6) is -1.06. The standard InChI is InChI=1S/C11H12Cl2O4S/c12-8-4-5-10(9(13)7-8)18(16,17)6-2-1-3-11(14)15/h4-5,7H,1-3,6H2,(H,14,15). The van der Waals surface area contributed by atoms with Crippen molar-refractivity contribution >= 4 is 39.0 Å².